The lowest BCUT2D eigenvalue weighted by Gasteiger charge is -2.09. The van der Waals surface area contributed by atoms with Gasteiger partial charge in [0.2, 0.25) is 0 Å². The van der Waals surface area contributed by atoms with E-state index >= 15 is 0 Å². The Morgan fingerprint density at radius 3 is 2.94 bits per heavy atom. The Kier molecular flexibility index (Phi) is 3.60. The van der Waals surface area contributed by atoms with Crippen LogP contribution in [0, 0.1) is 0 Å². The van der Waals surface area contributed by atoms with Gasteiger partial charge < -0.3 is 4.74 Å². The lowest BCUT2D eigenvalue weighted by Crippen LogP contribution is -1.97. The van der Waals surface area contributed by atoms with E-state index in [1.165, 1.54) is 11.1 Å². The Labute approximate surface area is 96.8 Å². The smallest absolute Gasteiger partial charge is 0.123 e. The Bertz CT molecular complexity index is 427. The molecule has 0 heterocycles. The topological polar surface area (TPSA) is 9.23 Å². The van der Waals surface area contributed by atoms with Gasteiger partial charge in [-0.15, -0.1) is 0 Å². The van der Waals surface area contributed by atoms with Gasteiger partial charge in [0.15, 0.2) is 0 Å². The molecule has 1 heteroatoms. The van der Waals surface area contributed by atoms with Gasteiger partial charge in [0, 0.05) is 6.42 Å². The fourth-order valence-corrected chi connectivity index (χ4v) is 1.80. The second kappa shape index (κ2) is 5.36. The van der Waals surface area contributed by atoms with Crippen molar-refractivity contribution in [2.24, 2.45) is 0 Å². The molecule has 2 rings (SSSR count). The molecule has 1 aliphatic carbocycles. The minimum atomic E-state index is 0.561. The van der Waals surface area contributed by atoms with Gasteiger partial charge in [-0.25, -0.2) is 0 Å². The Morgan fingerprint density at radius 2 is 2.19 bits per heavy atom. The Morgan fingerprint density at radius 1 is 1.31 bits per heavy atom. The van der Waals surface area contributed by atoms with Crippen molar-refractivity contribution in [1.82, 2.24) is 0 Å². The van der Waals surface area contributed by atoms with Crippen LogP contribution in [0.3, 0.4) is 0 Å². The normalized spacial score (nSPS) is 13.6. The van der Waals surface area contributed by atoms with Crippen molar-refractivity contribution in [2.45, 2.75) is 12.8 Å². The Hall–Kier alpha value is -1.76. The first-order valence-electron chi connectivity index (χ1n) is 5.57. The zero-order valence-electron chi connectivity index (χ0n) is 9.36. The molecule has 0 atom stereocenters. The highest BCUT2D eigenvalue weighted by Crippen LogP contribution is 2.23. The zero-order valence-corrected chi connectivity index (χ0v) is 9.36. The summed E-state index contributed by atoms with van der Waals surface area (Å²) in [6.45, 7) is 4.22. The van der Waals surface area contributed by atoms with Crippen LogP contribution in [0.1, 0.15) is 12.0 Å². The van der Waals surface area contributed by atoms with Gasteiger partial charge in [-0.3, -0.25) is 0 Å². The molecule has 1 aromatic carbocycles. The highest BCUT2D eigenvalue weighted by molar-refractivity contribution is 5.40. The van der Waals surface area contributed by atoms with Crippen LogP contribution >= 0.6 is 0 Å². The second-order valence-electron chi connectivity index (χ2n) is 3.80. The molecule has 0 aliphatic heterocycles. The van der Waals surface area contributed by atoms with Crippen molar-refractivity contribution in [2.75, 3.05) is 6.61 Å². The van der Waals surface area contributed by atoms with Crippen molar-refractivity contribution < 1.29 is 4.74 Å². The third-order valence-corrected chi connectivity index (χ3v) is 2.57. The highest BCUT2D eigenvalue weighted by Gasteiger charge is 2.05. The molecule has 0 bridgehead atoms. The molecule has 0 radical (unpaired) electrons. The summed E-state index contributed by atoms with van der Waals surface area (Å²) in [4.78, 5) is 0. The SMILES string of the molecule is C=CCOc1ccccc1CC1=CCC=C1. The average Bonchev–Trinajstić information content (AvgIpc) is 2.81. The first-order chi connectivity index (χ1) is 7.90. The monoisotopic (exact) mass is 212 g/mol. The number of benzene rings is 1. The van der Waals surface area contributed by atoms with Gasteiger partial charge in [0.05, 0.1) is 0 Å². The highest BCUT2D eigenvalue weighted by atomic mass is 16.5. The fourth-order valence-electron chi connectivity index (χ4n) is 1.80. The number of hydrogen-bond donors (Lipinski definition) is 0. The van der Waals surface area contributed by atoms with Gasteiger partial charge in [0.1, 0.15) is 12.4 Å². The van der Waals surface area contributed by atoms with Crippen molar-refractivity contribution >= 4 is 0 Å². The minimum absolute atomic E-state index is 0.561. The van der Waals surface area contributed by atoms with Gasteiger partial charge in [-0.1, -0.05) is 49.1 Å². The van der Waals surface area contributed by atoms with Crippen LogP contribution in [0.2, 0.25) is 0 Å². The molecule has 0 amide bonds. The van der Waals surface area contributed by atoms with E-state index in [2.05, 4.69) is 36.9 Å². The van der Waals surface area contributed by atoms with E-state index in [9.17, 15) is 0 Å². The van der Waals surface area contributed by atoms with E-state index in [1.54, 1.807) is 6.08 Å². The van der Waals surface area contributed by atoms with Gasteiger partial charge in [-0.2, -0.15) is 0 Å². The maximum absolute atomic E-state index is 5.63. The van der Waals surface area contributed by atoms with Crippen LogP contribution in [0.15, 0.2) is 60.7 Å². The third-order valence-electron chi connectivity index (χ3n) is 2.57. The largest absolute Gasteiger partial charge is 0.489 e. The number of rotatable bonds is 5. The quantitative estimate of drug-likeness (QED) is 0.676. The van der Waals surface area contributed by atoms with Gasteiger partial charge in [-0.05, 0) is 23.6 Å². The molecule has 82 valence electrons. The average molecular weight is 212 g/mol. The maximum Gasteiger partial charge on any atom is 0.123 e. The molecule has 16 heavy (non-hydrogen) atoms. The maximum atomic E-state index is 5.63. The van der Waals surface area contributed by atoms with E-state index in [1.807, 2.05) is 12.1 Å². The standard InChI is InChI=1S/C15H16O/c1-2-11-16-15-10-6-5-9-14(15)12-13-7-3-4-8-13/h2-3,5-10H,1,4,11-12H2. The third kappa shape index (κ3) is 2.63. The molecule has 0 N–H and O–H groups in total. The molecule has 0 spiro atoms. The molecule has 1 aromatic rings. The number of para-hydroxylation sites is 1. The summed E-state index contributed by atoms with van der Waals surface area (Å²) < 4.78 is 5.63. The van der Waals surface area contributed by atoms with E-state index in [0.717, 1.165) is 18.6 Å². The van der Waals surface area contributed by atoms with E-state index < -0.39 is 0 Å². The van der Waals surface area contributed by atoms with Crippen LogP contribution in [0.4, 0.5) is 0 Å². The molecule has 0 aromatic heterocycles. The molecule has 0 saturated heterocycles. The number of ether oxygens (including phenoxy) is 1. The predicted octanol–water partition coefficient (Wildman–Crippen LogP) is 3.68. The zero-order chi connectivity index (χ0) is 11.2. The summed E-state index contributed by atoms with van der Waals surface area (Å²) in [5.41, 5.74) is 2.61. The van der Waals surface area contributed by atoms with Crippen molar-refractivity contribution in [3.05, 3.63) is 66.3 Å². The summed E-state index contributed by atoms with van der Waals surface area (Å²) in [7, 11) is 0. The van der Waals surface area contributed by atoms with Crippen LogP contribution in [0.5, 0.6) is 5.75 Å². The second-order valence-corrected chi connectivity index (χ2v) is 3.80. The van der Waals surface area contributed by atoms with Crippen molar-refractivity contribution in [3.8, 4) is 5.75 Å². The fraction of sp³-hybridized carbons (Fsp3) is 0.200. The summed E-state index contributed by atoms with van der Waals surface area (Å²) >= 11 is 0. The molecule has 0 fully saturated rings. The molecule has 0 saturated carbocycles. The van der Waals surface area contributed by atoms with Gasteiger partial charge in [0.25, 0.3) is 0 Å². The molecule has 0 unspecified atom stereocenters. The van der Waals surface area contributed by atoms with Crippen LogP contribution in [-0.4, -0.2) is 6.61 Å². The predicted molar refractivity (Wildman–Crippen MR) is 67.7 cm³/mol. The first kappa shape index (κ1) is 10.7. The molecule has 1 aliphatic rings. The number of allylic oxidation sites excluding steroid dienone is 4. The summed E-state index contributed by atoms with van der Waals surface area (Å²) in [5, 5.41) is 0. The summed E-state index contributed by atoms with van der Waals surface area (Å²) in [6.07, 6.45) is 10.4. The first-order valence-corrected chi connectivity index (χ1v) is 5.57. The molecule has 1 nitrogen and oxygen atoms in total. The summed E-state index contributed by atoms with van der Waals surface area (Å²) in [6, 6.07) is 8.18. The molecular formula is C15H16O. The lowest BCUT2D eigenvalue weighted by molar-refractivity contribution is 0.360. The van der Waals surface area contributed by atoms with E-state index in [4.69, 9.17) is 4.74 Å². The lowest BCUT2D eigenvalue weighted by atomic mass is 10.1. The van der Waals surface area contributed by atoms with Crippen molar-refractivity contribution in [1.29, 1.82) is 0 Å². The number of hydrogen-bond acceptors (Lipinski definition) is 1. The molecular weight excluding hydrogens is 196 g/mol. The van der Waals surface area contributed by atoms with E-state index in [0.29, 0.717) is 6.61 Å². The van der Waals surface area contributed by atoms with Gasteiger partial charge >= 0.3 is 0 Å². The Balaban J connectivity index is 2.12. The van der Waals surface area contributed by atoms with Crippen LogP contribution in [-0.2, 0) is 6.42 Å². The minimum Gasteiger partial charge on any atom is -0.489 e. The van der Waals surface area contributed by atoms with Crippen LogP contribution < -0.4 is 4.74 Å². The van der Waals surface area contributed by atoms with E-state index in [-0.39, 0.29) is 0 Å². The summed E-state index contributed by atoms with van der Waals surface area (Å²) in [5.74, 6) is 0.962. The van der Waals surface area contributed by atoms with Crippen LogP contribution in [0.25, 0.3) is 0 Å². The van der Waals surface area contributed by atoms with Crippen molar-refractivity contribution in [3.63, 3.8) is 0 Å².